The van der Waals surface area contributed by atoms with Crippen molar-refractivity contribution in [1.82, 2.24) is 0 Å². The van der Waals surface area contributed by atoms with Gasteiger partial charge in [0, 0.05) is 71.4 Å². The molecule has 1 unspecified atom stereocenters. The van der Waals surface area contributed by atoms with Gasteiger partial charge in [0.05, 0.1) is 60.5 Å². The zero-order chi connectivity index (χ0) is 53.1. The summed E-state index contributed by atoms with van der Waals surface area (Å²) >= 11 is 0. The summed E-state index contributed by atoms with van der Waals surface area (Å²) in [7, 11) is 6.52. The van der Waals surface area contributed by atoms with E-state index in [1.54, 1.807) is 59.6 Å². The van der Waals surface area contributed by atoms with Crippen LogP contribution in [0.25, 0.3) is 0 Å². The predicted molar refractivity (Wildman–Crippen MR) is 264 cm³/mol. The van der Waals surface area contributed by atoms with E-state index < -0.39 is 132 Å². The summed E-state index contributed by atoms with van der Waals surface area (Å²) in [6, 6.07) is 8.78. The van der Waals surface area contributed by atoms with Gasteiger partial charge in [-0.1, -0.05) is 43.7 Å². The van der Waals surface area contributed by atoms with Gasteiger partial charge in [-0.3, -0.25) is 4.79 Å². The highest BCUT2D eigenvalue weighted by molar-refractivity contribution is 5.89. The third kappa shape index (κ3) is 10.1. The van der Waals surface area contributed by atoms with Gasteiger partial charge in [-0.15, -0.1) is 0 Å². The highest BCUT2D eigenvalue weighted by Crippen LogP contribution is 2.70. The van der Waals surface area contributed by atoms with Crippen molar-refractivity contribution < 1.29 is 86.5 Å². The number of carbonyl (C=O) groups excluding carboxylic acids is 2. The third-order valence-corrected chi connectivity index (χ3v) is 19.2. The number of methoxy groups -OCH3 is 4. The molecule has 24 atom stereocenters. The number of hydrogen-bond donors (Lipinski definition) is 3. The molecule has 7 fully saturated rings. The molecule has 0 spiro atoms. The molecule has 18 heteroatoms. The summed E-state index contributed by atoms with van der Waals surface area (Å²) in [5.41, 5.74) is -3.42. The number of hydrogen-bond acceptors (Lipinski definition) is 18. The monoisotopic (exact) mass is 1040 g/mol. The maximum atomic E-state index is 13.7. The number of fused-ring (bicyclic) bond motifs is 5. The molecule has 1 aromatic carbocycles. The Labute approximate surface area is 436 Å². The van der Waals surface area contributed by atoms with Crippen LogP contribution in [-0.2, 0) is 66.4 Å². The van der Waals surface area contributed by atoms with Crippen molar-refractivity contribution in [3.8, 4) is 0 Å². The topological polar surface area (TPSA) is 215 Å². The molecule has 0 aromatic heterocycles. The van der Waals surface area contributed by atoms with E-state index in [2.05, 4.69) is 13.0 Å². The minimum atomic E-state index is -1.68. The Hall–Kier alpha value is -2.50. The number of esters is 1. The van der Waals surface area contributed by atoms with Gasteiger partial charge in [0.2, 0.25) is 0 Å². The van der Waals surface area contributed by atoms with Crippen molar-refractivity contribution in [2.75, 3.05) is 28.4 Å². The molecule has 3 saturated carbocycles. The van der Waals surface area contributed by atoms with Crippen molar-refractivity contribution in [2.24, 2.45) is 22.7 Å². The first-order chi connectivity index (χ1) is 35.2. The summed E-state index contributed by atoms with van der Waals surface area (Å²) < 4.78 is 81.8. The molecule has 0 radical (unpaired) electrons. The number of aliphatic hydroxyl groups is 3. The number of carbonyl (C=O) groups is 2. The van der Waals surface area contributed by atoms with E-state index >= 15 is 0 Å². The first-order valence-corrected chi connectivity index (χ1v) is 27.1. The Balaban J connectivity index is 0.803. The van der Waals surface area contributed by atoms with E-state index in [0.717, 1.165) is 5.57 Å². The summed E-state index contributed by atoms with van der Waals surface area (Å²) in [6.45, 7) is 13.1. The lowest BCUT2D eigenvalue weighted by Gasteiger charge is -2.66. The molecule has 4 heterocycles. The van der Waals surface area contributed by atoms with E-state index in [0.29, 0.717) is 63.4 Å². The number of benzene rings is 1. The molecule has 4 saturated heterocycles. The Bertz CT molecular complexity index is 2130. The van der Waals surface area contributed by atoms with Gasteiger partial charge in [-0.25, -0.2) is 4.79 Å². The predicted octanol–water partition coefficient (Wildman–Crippen LogP) is 5.72. The largest absolute Gasteiger partial charge is 0.458 e. The van der Waals surface area contributed by atoms with Crippen LogP contribution in [0.5, 0.6) is 0 Å². The number of rotatable bonds is 15. The second-order valence-electron chi connectivity index (χ2n) is 23.1. The first-order valence-electron chi connectivity index (χ1n) is 27.1. The Morgan fingerprint density at radius 3 is 1.62 bits per heavy atom. The lowest BCUT2D eigenvalue weighted by molar-refractivity contribution is -0.347. The maximum Gasteiger partial charge on any atom is 0.338 e. The van der Waals surface area contributed by atoms with Gasteiger partial charge < -0.3 is 76.9 Å². The molecule has 416 valence electrons. The second kappa shape index (κ2) is 22.3. The molecule has 9 rings (SSSR count). The quantitative estimate of drug-likeness (QED) is 0.141. The smallest absolute Gasteiger partial charge is 0.338 e. The summed E-state index contributed by atoms with van der Waals surface area (Å²) in [5.74, 6) is -1.62. The van der Waals surface area contributed by atoms with Crippen LogP contribution in [0.15, 0.2) is 42.0 Å². The van der Waals surface area contributed by atoms with Crippen LogP contribution in [-0.4, -0.2) is 177 Å². The fourth-order valence-electron chi connectivity index (χ4n) is 14.9. The number of ether oxygens (including phenoxy) is 13. The minimum absolute atomic E-state index is 0.0822. The third-order valence-electron chi connectivity index (χ3n) is 19.2. The van der Waals surface area contributed by atoms with Crippen LogP contribution < -0.4 is 0 Å². The average molecular weight is 1050 g/mol. The number of aliphatic hydroxyl groups excluding tert-OH is 1. The van der Waals surface area contributed by atoms with Gasteiger partial charge in [0.15, 0.2) is 25.2 Å². The lowest BCUT2D eigenvalue weighted by atomic mass is 9.43. The molecule has 8 aliphatic rings. The summed E-state index contributed by atoms with van der Waals surface area (Å²) in [6.07, 6.45) is -2.17. The second-order valence-corrected chi connectivity index (χ2v) is 23.1. The Morgan fingerprint density at radius 2 is 1.12 bits per heavy atom. The number of ketones is 1. The zero-order valence-electron chi connectivity index (χ0n) is 45.3. The van der Waals surface area contributed by atoms with Gasteiger partial charge in [-0.05, 0) is 97.1 Å². The van der Waals surface area contributed by atoms with Crippen LogP contribution in [0.3, 0.4) is 0 Å². The molecule has 3 N–H and O–H groups in total. The molecule has 1 aromatic rings. The highest BCUT2D eigenvalue weighted by Gasteiger charge is 2.77. The molecule has 74 heavy (non-hydrogen) atoms. The molecule has 0 amide bonds. The van der Waals surface area contributed by atoms with E-state index in [4.69, 9.17) is 61.6 Å². The van der Waals surface area contributed by atoms with Crippen molar-refractivity contribution in [3.63, 3.8) is 0 Å². The standard InChI is InChI=1S/C56H84O18/c1-29(57)37-19-22-56(61)54(37,7)43(71-52(59)34-15-13-12-14-16-34)28-42-53(6)20-18-36(23-35(53)17-21-55(42,56)60)70-44-25-39(63-9)49(31(3)67-44)73-46-27-41(65-11)51(33(5)69-46)74-47-26-40(64-10)50(32(4)68-47)72-45-24-38(62-8)48(58)30(2)66-45/h12-17,30-33,36-51,58,60-61H,18-28H2,1-11H3/t30-,31-,32-,33-,36+,37?,38+,39+,40+,41+,42-,43-,44+,45+,46+,47+,48-,49-,50-,51-,53+,54+,55+,56-/m1/s1. The fraction of sp³-hybridized carbons (Fsp3) is 0.821. The van der Waals surface area contributed by atoms with Gasteiger partial charge >= 0.3 is 5.97 Å². The first kappa shape index (κ1) is 56.2. The van der Waals surface area contributed by atoms with Gasteiger partial charge in [-0.2, -0.15) is 0 Å². The fourth-order valence-corrected chi connectivity index (χ4v) is 14.9. The SMILES string of the molecule is CO[C@H]1C[C@H](O[C@H]2[C@@H](OC)C[C@H](O[C@H]3[C@@H](OC)C[C@H](O[C@H]4[C@@H](OC)C[C@H](O[C@H]5CC[C@@]6(C)C(=CC[C@]7(O)[C@@H]6C[C@@H](OC(=O)c6ccccc6)[C@]6(C)C(C(C)=O)CC[C@@]67O)C5)O[C@@H]4C)O[C@@H]3C)O[C@@H]2C)O[C@H](C)[C@H]1O. The molecular formula is C56H84O18. The van der Waals surface area contributed by atoms with Gasteiger partial charge in [0.1, 0.15) is 47.5 Å². The van der Waals surface area contributed by atoms with Crippen molar-refractivity contribution in [1.29, 1.82) is 0 Å². The average Bonchev–Trinajstić information content (AvgIpc) is 3.78. The van der Waals surface area contributed by atoms with E-state index in [9.17, 15) is 24.9 Å². The molecular weight excluding hydrogens is 961 g/mol. The highest BCUT2D eigenvalue weighted by atomic mass is 16.8. The molecule has 4 aliphatic carbocycles. The van der Waals surface area contributed by atoms with E-state index in [1.807, 2.05) is 33.8 Å². The van der Waals surface area contributed by atoms with Crippen LogP contribution in [0, 0.1) is 22.7 Å². The van der Waals surface area contributed by atoms with E-state index in [-0.39, 0.29) is 36.9 Å². The summed E-state index contributed by atoms with van der Waals surface area (Å²) in [4.78, 5) is 27.0. The van der Waals surface area contributed by atoms with Gasteiger partial charge in [0.25, 0.3) is 0 Å². The van der Waals surface area contributed by atoms with Crippen molar-refractivity contribution in [3.05, 3.63) is 47.5 Å². The van der Waals surface area contributed by atoms with E-state index in [1.165, 1.54) is 6.92 Å². The lowest BCUT2D eigenvalue weighted by Crippen LogP contribution is -2.75. The Kier molecular flexibility index (Phi) is 17.0. The van der Waals surface area contributed by atoms with Crippen LogP contribution in [0.1, 0.15) is 129 Å². The maximum absolute atomic E-state index is 13.7. The Morgan fingerprint density at radius 1 is 0.635 bits per heavy atom. The molecule has 18 nitrogen and oxygen atoms in total. The van der Waals surface area contributed by atoms with Crippen molar-refractivity contribution >= 4 is 11.8 Å². The van der Waals surface area contributed by atoms with Crippen LogP contribution in [0.2, 0.25) is 0 Å². The van der Waals surface area contributed by atoms with Crippen molar-refractivity contribution in [2.45, 2.75) is 241 Å². The molecule has 4 aliphatic heterocycles. The zero-order valence-corrected chi connectivity index (χ0v) is 45.3. The van der Waals surface area contributed by atoms with Crippen LogP contribution in [0.4, 0.5) is 0 Å². The minimum Gasteiger partial charge on any atom is -0.458 e. The normalized spacial score (nSPS) is 48.4. The number of Topliss-reactive ketones (excluding diaryl/α,β-unsaturated/α-hetero) is 1. The molecule has 0 bridgehead atoms. The van der Waals surface area contributed by atoms with Crippen LogP contribution >= 0.6 is 0 Å². The summed E-state index contributed by atoms with van der Waals surface area (Å²) in [5, 5.41) is 36.4.